The van der Waals surface area contributed by atoms with Gasteiger partial charge in [0, 0.05) is 36.3 Å². The molecule has 3 amide bonds. The van der Waals surface area contributed by atoms with Crippen LogP contribution in [0.5, 0.6) is 5.75 Å². The number of aromatic nitrogens is 1. The first kappa shape index (κ1) is 28.4. The molecule has 3 N–H and O–H groups in total. The zero-order valence-electron chi connectivity index (χ0n) is 24.1. The maximum atomic E-state index is 14.2. The first-order valence-corrected chi connectivity index (χ1v) is 14.3. The largest absolute Gasteiger partial charge is 0.488 e. The average molecular weight is 558 g/mol. The molecule has 5 atom stereocenters. The second-order valence-corrected chi connectivity index (χ2v) is 11.3. The fourth-order valence-electron chi connectivity index (χ4n) is 5.75. The molecule has 1 saturated heterocycles. The summed E-state index contributed by atoms with van der Waals surface area (Å²) in [6.45, 7) is 4.29. The second kappa shape index (κ2) is 12.2. The Morgan fingerprint density at radius 2 is 1.93 bits per heavy atom. The number of carbonyl (C=O) groups excluding carboxylic acids is 3. The topological polar surface area (TPSA) is 107 Å². The molecule has 3 heterocycles. The molecule has 9 nitrogen and oxygen atoms in total. The number of hydrogen-bond acceptors (Lipinski definition) is 5. The summed E-state index contributed by atoms with van der Waals surface area (Å²) in [5.74, 6) is -0.324. The number of ether oxygens (including phenoxy) is 1. The SMILES string of the molecule is CCC(C)C1NC(=O)C2C(CCN2C(=O)C(Cc2c[nH]c3ccccc23)N(C)C)Oc2cccc(c2)C=CNC1=O. The highest BCUT2D eigenvalue weighted by atomic mass is 16.5. The Morgan fingerprint density at radius 1 is 1.12 bits per heavy atom. The Kier molecular flexibility index (Phi) is 8.44. The summed E-state index contributed by atoms with van der Waals surface area (Å²) < 4.78 is 6.38. The van der Waals surface area contributed by atoms with Crippen LogP contribution < -0.4 is 15.4 Å². The molecule has 9 heteroatoms. The van der Waals surface area contributed by atoms with E-state index in [4.69, 9.17) is 4.74 Å². The molecule has 2 aliphatic rings. The quantitative estimate of drug-likeness (QED) is 0.431. The van der Waals surface area contributed by atoms with Crippen molar-refractivity contribution in [1.29, 1.82) is 0 Å². The monoisotopic (exact) mass is 557 g/mol. The second-order valence-electron chi connectivity index (χ2n) is 11.3. The molecule has 1 aromatic heterocycles. The maximum absolute atomic E-state index is 14.2. The van der Waals surface area contributed by atoms with E-state index in [2.05, 4.69) is 15.6 Å². The van der Waals surface area contributed by atoms with Gasteiger partial charge in [0.25, 0.3) is 0 Å². The van der Waals surface area contributed by atoms with Gasteiger partial charge >= 0.3 is 0 Å². The Morgan fingerprint density at radius 3 is 2.71 bits per heavy atom. The summed E-state index contributed by atoms with van der Waals surface area (Å²) in [5, 5.41) is 6.87. The predicted octanol–water partition coefficient (Wildman–Crippen LogP) is 3.32. The minimum absolute atomic E-state index is 0.111. The number of nitrogens with zero attached hydrogens (tertiary/aromatic N) is 2. The lowest BCUT2D eigenvalue weighted by Crippen LogP contribution is -2.59. The summed E-state index contributed by atoms with van der Waals surface area (Å²) in [7, 11) is 3.77. The van der Waals surface area contributed by atoms with Crippen LogP contribution in [-0.4, -0.2) is 77.4 Å². The number of amides is 3. The molecule has 41 heavy (non-hydrogen) atoms. The lowest BCUT2D eigenvalue weighted by Gasteiger charge is -2.34. The summed E-state index contributed by atoms with van der Waals surface area (Å²) >= 11 is 0. The first-order valence-electron chi connectivity index (χ1n) is 14.3. The minimum atomic E-state index is -0.885. The van der Waals surface area contributed by atoms with Gasteiger partial charge in [-0.2, -0.15) is 0 Å². The summed E-state index contributed by atoms with van der Waals surface area (Å²) in [6.07, 6.45) is 6.46. The van der Waals surface area contributed by atoms with E-state index in [1.807, 2.05) is 87.6 Å². The third-order valence-electron chi connectivity index (χ3n) is 8.33. The number of nitrogens with one attached hydrogen (secondary N) is 3. The van der Waals surface area contributed by atoms with Crippen LogP contribution >= 0.6 is 0 Å². The molecule has 2 aromatic carbocycles. The smallest absolute Gasteiger partial charge is 0.247 e. The normalized spacial score (nSPS) is 22.6. The van der Waals surface area contributed by atoms with Crippen molar-refractivity contribution in [2.24, 2.45) is 5.92 Å². The molecule has 216 valence electrons. The number of rotatable bonds is 6. The number of likely N-dealkylation sites (tertiary alicyclic amines) is 1. The van der Waals surface area contributed by atoms with Gasteiger partial charge in [-0.3, -0.25) is 19.3 Å². The Balaban J connectivity index is 1.48. The van der Waals surface area contributed by atoms with Crippen molar-refractivity contribution in [3.63, 3.8) is 0 Å². The van der Waals surface area contributed by atoms with E-state index in [1.54, 1.807) is 17.2 Å². The van der Waals surface area contributed by atoms with Crippen LogP contribution in [0.15, 0.2) is 60.9 Å². The number of hydrogen-bond donors (Lipinski definition) is 3. The number of H-pyrrole nitrogens is 1. The summed E-state index contributed by atoms with van der Waals surface area (Å²) in [6, 6.07) is 13.4. The van der Waals surface area contributed by atoms with Crippen molar-refractivity contribution >= 4 is 34.7 Å². The first-order chi connectivity index (χ1) is 19.8. The Labute approximate surface area is 240 Å². The van der Waals surface area contributed by atoms with Gasteiger partial charge in [-0.15, -0.1) is 0 Å². The molecule has 1 fully saturated rings. The van der Waals surface area contributed by atoms with E-state index in [1.165, 1.54) is 0 Å². The van der Waals surface area contributed by atoms with Crippen molar-refractivity contribution < 1.29 is 19.1 Å². The predicted molar refractivity (Wildman–Crippen MR) is 159 cm³/mol. The van der Waals surface area contributed by atoms with Crippen molar-refractivity contribution in [3.8, 4) is 5.75 Å². The van der Waals surface area contributed by atoms with E-state index < -0.39 is 24.2 Å². The maximum Gasteiger partial charge on any atom is 0.247 e. The number of benzene rings is 2. The van der Waals surface area contributed by atoms with Gasteiger partial charge in [0.2, 0.25) is 17.7 Å². The van der Waals surface area contributed by atoms with Crippen LogP contribution in [-0.2, 0) is 20.8 Å². The zero-order chi connectivity index (χ0) is 29.1. The van der Waals surface area contributed by atoms with Gasteiger partial charge in [0.15, 0.2) is 0 Å². The van der Waals surface area contributed by atoms with Gasteiger partial charge in [-0.05, 0) is 61.8 Å². The highest BCUT2D eigenvalue weighted by Crippen LogP contribution is 2.28. The van der Waals surface area contributed by atoms with Crippen LogP contribution in [0.2, 0.25) is 0 Å². The fraction of sp³-hybridized carbons (Fsp3) is 0.406. The highest BCUT2D eigenvalue weighted by molar-refractivity contribution is 5.95. The molecule has 0 radical (unpaired) electrons. The number of fused-ring (bicyclic) bond motifs is 4. The van der Waals surface area contributed by atoms with E-state index in [9.17, 15) is 14.4 Å². The molecule has 2 bridgehead atoms. The van der Waals surface area contributed by atoms with Gasteiger partial charge < -0.3 is 25.3 Å². The van der Waals surface area contributed by atoms with Crippen LogP contribution in [0.1, 0.15) is 37.8 Å². The average Bonchev–Trinajstić information content (AvgIpc) is 3.57. The summed E-state index contributed by atoms with van der Waals surface area (Å²) in [5.41, 5.74) is 2.91. The molecule has 0 aliphatic carbocycles. The Bertz CT molecular complexity index is 1450. The number of aromatic amines is 1. The van der Waals surface area contributed by atoms with E-state index in [-0.39, 0.29) is 23.6 Å². The van der Waals surface area contributed by atoms with Crippen LogP contribution in [0.25, 0.3) is 17.0 Å². The number of likely N-dealkylation sites (N-methyl/N-ethyl adjacent to an activating group) is 1. The minimum Gasteiger partial charge on any atom is -0.488 e. The Hall–Kier alpha value is -4.11. The molecular formula is C32H39N5O4. The van der Waals surface area contributed by atoms with Gasteiger partial charge in [0.1, 0.15) is 23.9 Å². The highest BCUT2D eigenvalue weighted by Gasteiger charge is 2.46. The van der Waals surface area contributed by atoms with Crippen molar-refractivity contribution in [1.82, 2.24) is 25.4 Å². The van der Waals surface area contributed by atoms with Crippen molar-refractivity contribution in [2.45, 2.75) is 57.3 Å². The third-order valence-corrected chi connectivity index (χ3v) is 8.33. The van der Waals surface area contributed by atoms with Crippen LogP contribution in [0.4, 0.5) is 0 Å². The fourth-order valence-corrected chi connectivity index (χ4v) is 5.75. The van der Waals surface area contributed by atoms with Crippen LogP contribution in [0, 0.1) is 5.92 Å². The molecule has 0 spiro atoms. The zero-order valence-corrected chi connectivity index (χ0v) is 24.1. The van der Waals surface area contributed by atoms with E-state index >= 15 is 0 Å². The lowest BCUT2D eigenvalue weighted by atomic mass is 9.97. The summed E-state index contributed by atoms with van der Waals surface area (Å²) in [4.78, 5) is 48.3. The van der Waals surface area contributed by atoms with Gasteiger partial charge in [-0.1, -0.05) is 50.6 Å². The molecule has 2 aliphatic heterocycles. The third kappa shape index (κ3) is 6.00. The van der Waals surface area contributed by atoms with Gasteiger partial charge in [0.05, 0.1) is 6.04 Å². The molecule has 0 saturated carbocycles. The molecular weight excluding hydrogens is 518 g/mol. The molecule has 3 aromatic rings. The lowest BCUT2D eigenvalue weighted by molar-refractivity contribution is -0.144. The van der Waals surface area contributed by atoms with Gasteiger partial charge in [-0.25, -0.2) is 0 Å². The standard InChI is InChI=1S/C32H39N5O4/c1-5-20(2)28-30(38)33-15-13-21-9-8-10-23(17-21)41-27-14-16-37(29(27)31(39)35-28)32(40)26(36(3)4)18-22-19-34-25-12-7-6-11-24(22)25/h6-13,15,17,19-20,26-29,34H,5,14,16,18H2,1-4H3,(H,33,38)(H,35,39). The number of carbonyl (C=O) groups is 3. The van der Waals surface area contributed by atoms with E-state index in [0.29, 0.717) is 31.6 Å². The molecule has 5 unspecified atom stereocenters. The van der Waals surface area contributed by atoms with E-state index in [0.717, 1.165) is 22.0 Å². The van der Waals surface area contributed by atoms with Crippen molar-refractivity contribution in [3.05, 3.63) is 72.1 Å². The van der Waals surface area contributed by atoms with Crippen LogP contribution in [0.3, 0.4) is 0 Å². The number of para-hydroxylation sites is 1. The molecule has 5 rings (SSSR count). The van der Waals surface area contributed by atoms with Crippen molar-refractivity contribution in [2.75, 3.05) is 20.6 Å².